The van der Waals surface area contributed by atoms with Crippen molar-refractivity contribution in [3.63, 3.8) is 0 Å². The second kappa shape index (κ2) is 5.95. The van der Waals surface area contributed by atoms with Crippen molar-refractivity contribution in [3.05, 3.63) is 44.1 Å². The van der Waals surface area contributed by atoms with Gasteiger partial charge in [0.05, 0.1) is 10.0 Å². The van der Waals surface area contributed by atoms with Crippen LogP contribution in [-0.4, -0.2) is 10.5 Å². The molecule has 0 saturated heterocycles. The molecular formula is C15H16Cl2N2OS. The second-order valence-corrected chi connectivity index (χ2v) is 7.79. The van der Waals surface area contributed by atoms with Gasteiger partial charge < -0.3 is 0 Å². The fraction of sp³-hybridized carbons (Fsp3) is 0.333. The number of amides is 1. The molecule has 112 valence electrons. The molecule has 2 aromatic rings. The Morgan fingerprint density at radius 2 is 1.90 bits per heavy atom. The van der Waals surface area contributed by atoms with Crippen molar-refractivity contribution in [2.75, 3.05) is 0 Å². The second-order valence-electron chi connectivity index (χ2n) is 5.76. The van der Waals surface area contributed by atoms with Crippen LogP contribution in [0.1, 0.15) is 25.6 Å². The first-order valence-corrected chi connectivity index (χ1v) is 7.99. The Bertz CT molecular complexity index is 754. The van der Waals surface area contributed by atoms with Gasteiger partial charge in [-0.2, -0.15) is 4.99 Å². The standard InChI is InChI=1S/C15H16Cl2N2OS/c1-9-8-19(10-5-6-11(16)12(17)7-10)14(21-9)18-13(20)15(2,3)4/h5-8H,1-4H3/b18-14-. The molecule has 0 atom stereocenters. The summed E-state index contributed by atoms with van der Waals surface area (Å²) in [7, 11) is 0. The molecule has 3 nitrogen and oxygen atoms in total. The summed E-state index contributed by atoms with van der Waals surface area (Å²) in [5.74, 6) is -0.154. The van der Waals surface area contributed by atoms with Crippen molar-refractivity contribution < 1.29 is 4.79 Å². The maximum atomic E-state index is 12.1. The van der Waals surface area contributed by atoms with Gasteiger partial charge in [0, 0.05) is 22.2 Å². The van der Waals surface area contributed by atoms with Gasteiger partial charge in [-0.05, 0) is 25.1 Å². The summed E-state index contributed by atoms with van der Waals surface area (Å²) in [5, 5.41) is 0.968. The molecule has 0 aliphatic carbocycles. The van der Waals surface area contributed by atoms with Crippen molar-refractivity contribution in [2.24, 2.45) is 10.4 Å². The Morgan fingerprint density at radius 1 is 1.24 bits per heavy atom. The van der Waals surface area contributed by atoms with E-state index >= 15 is 0 Å². The Hall–Kier alpha value is -1.10. The number of benzene rings is 1. The molecule has 0 aliphatic rings. The first-order valence-electron chi connectivity index (χ1n) is 6.42. The van der Waals surface area contributed by atoms with Gasteiger partial charge in [-0.3, -0.25) is 9.36 Å². The zero-order valence-electron chi connectivity index (χ0n) is 12.3. The van der Waals surface area contributed by atoms with Gasteiger partial charge in [0.2, 0.25) is 0 Å². The normalized spacial score (nSPS) is 12.8. The minimum Gasteiger partial charge on any atom is -0.292 e. The molecule has 1 aromatic carbocycles. The maximum absolute atomic E-state index is 12.1. The monoisotopic (exact) mass is 342 g/mol. The first-order chi connectivity index (χ1) is 9.68. The number of hydrogen-bond acceptors (Lipinski definition) is 2. The molecule has 0 bridgehead atoms. The van der Waals surface area contributed by atoms with E-state index < -0.39 is 5.41 Å². The van der Waals surface area contributed by atoms with Crippen molar-refractivity contribution in [1.29, 1.82) is 0 Å². The van der Waals surface area contributed by atoms with Crippen LogP contribution in [0.5, 0.6) is 0 Å². The van der Waals surface area contributed by atoms with Crippen molar-refractivity contribution in [1.82, 2.24) is 4.57 Å². The molecule has 0 radical (unpaired) electrons. The number of nitrogens with zero attached hydrogens (tertiary/aromatic N) is 2. The summed E-state index contributed by atoms with van der Waals surface area (Å²) in [6.07, 6.45) is 1.93. The van der Waals surface area contributed by atoms with Crippen LogP contribution in [-0.2, 0) is 4.79 Å². The van der Waals surface area contributed by atoms with Crippen molar-refractivity contribution >= 4 is 40.4 Å². The fourth-order valence-corrected chi connectivity index (χ4v) is 2.73. The van der Waals surface area contributed by atoms with Gasteiger partial charge in [0.1, 0.15) is 0 Å². The number of halogens is 2. The summed E-state index contributed by atoms with van der Waals surface area (Å²) >= 11 is 13.5. The average molecular weight is 343 g/mol. The smallest absolute Gasteiger partial charge is 0.253 e. The van der Waals surface area contributed by atoms with Gasteiger partial charge in [-0.15, -0.1) is 11.3 Å². The van der Waals surface area contributed by atoms with Crippen molar-refractivity contribution in [2.45, 2.75) is 27.7 Å². The third kappa shape index (κ3) is 3.76. The highest BCUT2D eigenvalue weighted by molar-refractivity contribution is 7.09. The molecule has 21 heavy (non-hydrogen) atoms. The molecule has 0 N–H and O–H groups in total. The summed E-state index contributed by atoms with van der Waals surface area (Å²) in [4.78, 5) is 18.1. The van der Waals surface area contributed by atoms with E-state index in [2.05, 4.69) is 4.99 Å². The zero-order valence-corrected chi connectivity index (χ0v) is 14.6. The first kappa shape index (κ1) is 16.3. The largest absolute Gasteiger partial charge is 0.292 e. The molecule has 0 spiro atoms. The Morgan fingerprint density at radius 3 is 2.48 bits per heavy atom. The molecule has 0 fully saturated rings. The minimum absolute atomic E-state index is 0.154. The molecule has 0 unspecified atom stereocenters. The van der Waals surface area contributed by atoms with E-state index in [-0.39, 0.29) is 5.91 Å². The highest BCUT2D eigenvalue weighted by Gasteiger charge is 2.21. The lowest BCUT2D eigenvalue weighted by Crippen LogP contribution is -2.22. The lowest BCUT2D eigenvalue weighted by molar-refractivity contribution is -0.125. The van der Waals surface area contributed by atoms with E-state index in [0.717, 1.165) is 10.6 Å². The number of aromatic nitrogens is 1. The van der Waals surface area contributed by atoms with E-state index in [0.29, 0.717) is 14.8 Å². The zero-order chi connectivity index (χ0) is 15.8. The Kier molecular flexibility index (Phi) is 4.61. The van der Waals surface area contributed by atoms with Crippen LogP contribution in [0.25, 0.3) is 5.69 Å². The van der Waals surface area contributed by atoms with Gasteiger partial charge in [-0.25, -0.2) is 0 Å². The predicted octanol–water partition coefficient (Wildman–Crippen LogP) is 4.63. The minimum atomic E-state index is -0.507. The molecule has 1 heterocycles. The molecule has 1 amide bonds. The van der Waals surface area contributed by atoms with Gasteiger partial charge in [-0.1, -0.05) is 44.0 Å². The number of thiazole rings is 1. The Balaban J connectivity index is 2.58. The van der Waals surface area contributed by atoms with Crippen molar-refractivity contribution in [3.8, 4) is 5.69 Å². The van der Waals surface area contributed by atoms with E-state index in [9.17, 15) is 4.79 Å². The fourth-order valence-electron chi connectivity index (χ4n) is 1.61. The van der Waals surface area contributed by atoms with Crippen LogP contribution in [0.2, 0.25) is 10.0 Å². The average Bonchev–Trinajstić information content (AvgIpc) is 2.72. The van der Waals surface area contributed by atoms with Gasteiger partial charge in [0.25, 0.3) is 5.91 Å². The van der Waals surface area contributed by atoms with E-state index in [4.69, 9.17) is 23.2 Å². The number of rotatable bonds is 1. The SMILES string of the molecule is Cc1cn(-c2ccc(Cl)c(Cl)c2)/c(=N/C(=O)C(C)(C)C)s1. The van der Waals surface area contributed by atoms with E-state index in [1.807, 2.05) is 44.5 Å². The van der Waals surface area contributed by atoms with Crippen LogP contribution in [0.15, 0.2) is 29.4 Å². The number of carbonyl (C=O) groups excluding carboxylic acids is 1. The molecule has 0 saturated carbocycles. The maximum Gasteiger partial charge on any atom is 0.253 e. The molecule has 2 rings (SSSR count). The lowest BCUT2D eigenvalue weighted by atomic mass is 9.96. The van der Waals surface area contributed by atoms with E-state index in [1.54, 1.807) is 12.1 Å². The van der Waals surface area contributed by atoms with Gasteiger partial charge >= 0.3 is 0 Å². The number of hydrogen-bond donors (Lipinski definition) is 0. The quantitative estimate of drug-likeness (QED) is 0.743. The summed E-state index contributed by atoms with van der Waals surface area (Å²) < 4.78 is 1.85. The highest BCUT2D eigenvalue weighted by atomic mass is 35.5. The molecule has 0 aliphatic heterocycles. The van der Waals surface area contributed by atoms with Crippen LogP contribution >= 0.6 is 34.5 Å². The Labute approximate surface area is 137 Å². The van der Waals surface area contributed by atoms with Crippen LogP contribution in [0.4, 0.5) is 0 Å². The predicted molar refractivity (Wildman–Crippen MR) is 88.4 cm³/mol. The van der Waals surface area contributed by atoms with Crippen LogP contribution < -0.4 is 4.80 Å². The molecule has 1 aromatic heterocycles. The van der Waals surface area contributed by atoms with Crippen LogP contribution in [0.3, 0.4) is 0 Å². The van der Waals surface area contributed by atoms with Crippen LogP contribution in [0, 0.1) is 12.3 Å². The number of aryl methyl sites for hydroxylation is 1. The number of carbonyl (C=O) groups is 1. The third-order valence-corrected chi connectivity index (χ3v) is 4.43. The topological polar surface area (TPSA) is 34.4 Å². The lowest BCUT2D eigenvalue weighted by Gasteiger charge is -2.12. The summed E-state index contributed by atoms with van der Waals surface area (Å²) in [5.41, 5.74) is 0.321. The third-order valence-electron chi connectivity index (χ3n) is 2.79. The van der Waals surface area contributed by atoms with E-state index in [1.165, 1.54) is 11.3 Å². The molecule has 6 heteroatoms. The molecular weight excluding hydrogens is 327 g/mol. The highest BCUT2D eigenvalue weighted by Crippen LogP contribution is 2.24. The summed E-state index contributed by atoms with van der Waals surface area (Å²) in [6, 6.07) is 5.34. The summed E-state index contributed by atoms with van der Waals surface area (Å²) in [6.45, 7) is 7.52. The van der Waals surface area contributed by atoms with Gasteiger partial charge in [0.15, 0.2) is 4.80 Å².